The number of urea groups is 2. The molecule has 18 heteroatoms. The average Bonchev–Trinajstić information content (AvgIpc) is 3.07. The van der Waals surface area contributed by atoms with Gasteiger partial charge >= 0.3 is 41.6 Å². The Kier molecular flexibility index (Phi) is 11.1. The van der Waals surface area contributed by atoms with Gasteiger partial charge in [-0.15, -0.1) is 0 Å². The molecular formula is C34H26N4NaO10S3+. The predicted molar refractivity (Wildman–Crippen MR) is 191 cm³/mol. The van der Waals surface area contributed by atoms with E-state index in [9.17, 15) is 43.9 Å². The van der Waals surface area contributed by atoms with Crippen LogP contribution in [0.15, 0.2) is 141 Å². The summed E-state index contributed by atoms with van der Waals surface area (Å²) in [5.74, 6) is 0. The standard InChI is InChI=1S/C34H26N4O10S3.Na/c39-33(37-27-5-1-23-19-31(50(43,44)45)11-3-21(23)17-27)35-25-7-13-29(14-8-25)49(41,42)30-15-9-26(10-16-30)36-34(40)38-28-6-2-24-20-32(51(46,47)48)12-4-22(24)18-28;/h1-20H,(H2,35,37,39)(H2,36,38,40)(H,43,44,45)(H,46,47,48);/q;+1. The van der Waals surface area contributed by atoms with Gasteiger partial charge in [0.15, 0.2) is 0 Å². The molecule has 0 unspecified atom stereocenters. The van der Waals surface area contributed by atoms with E-state index < -0.39 is 42.1 Å². The molecule has 0 aliphatic heterocycles. The number of carbonyl (C=O) groups excluding carboxylic acids is 2. The van der Waals surface area contributed by atoms with Crippen molar-refractivity contribution < 1.29 is 73.5 Å². The van der Waals surface area contributed by atoms with Gasteiger partial charge in [-0.05, 0) is 119 Å². The molecule has 6 N–H and O–H groups in total. The Hall–Kier alpha value is -4.85. The number of hydrogen-bond donors (Lipinski definition) is 6. The van der Waals surface area contributed by atoms with Gasteiger partial charge in [0.1, 0.15) is 0 Å². The zero-order valence-corrected chi connectivity index (χ0v) is 31.4. The van der Waals surface area contributed by atoms with Crippen LogP contribution in [0.25, 0.3) is 21.5 Å². The van der Waals surface area contributed by atoms with E-state index in [1.807, 2.05) is 0 Å². The van der Waals surface area contributed by atoms with Crippen LogP contribution in [-0.2, 0) is 30.1 Å². The van der Waals surface area contributed by atoms with Crippen LogP contribution in [0.1, 0.15) is 0 Å². The molecule has 0 aliphatic rings. The molecule has 260 valence electrons. The maximum absolute atomic E-state index is 13.3. The molecule has 0 radical (unpaired) electrons. The molecule has 0 aromatic heterocycles. The Morgan fingerprint density at radius 3 is 1.00 bits per heavy atom. The van der Waals surface area contributed by atoms with Crippen LogP contribution in [0.2, 0.25) is 0 Å². The number of sulfone groups is 1. The molecule has 0 atom stereocenters. The Morgan fingerprint density at radius 2 is 0.654 bits per heavy atom. The minimum atomic E-state index is -4.36. The summed E-state index contributed by atoms with van der Waals surface area (Å²) in [6.45, 7) is 0. The van der Waals surface area contributed by atoms with Gasteiger partial charge in [0, 0.05) is 22.7 Å². The van der Waals surface area contributed by atoms with Gasteiger partial charge in [-0.3, -0.25) is 9.11 Å². The van der Waals surface area contributed by atoms with Gasteiger partial charge in [-0.25, -0.2) is 18.0 Å². The molecule has 6 aromatic carbocycles. The van der Waals surface area contributed by atoms with Gasteiger partial charge in [0.25, 0.3) is 20.2 Å². The monoisotopic (exact) mass is 769 g/mol. The summed E-state index contributed by atoms with van der Waals surface area (Å²) in [6.07, 6.45) is 0. The van der Waals surface area contributed by atoms with Gasteiger partial charge in [0.2, 0.25) is 9.84 Å². The van der Waals surface area contributed by atoms with E-state index in [1.165, 1.54) is 84.9 Å². The fraction of sp³-hybridized carbons (Fsp3) is 0. The van der Waals surface area contributed by atoms with E-state index in [0.29, 0.717) is 44.3 Å². The molecule has 0 saturated carbocycles. The fourth-order valence-corrected chi connectivity index (χ4v) is 7.37. The number of benzene rings is 6. The SMILES string of the molecule is O=C(Nc1ccc(S(=O)(=O)c2ccc(NC(=O)Nc3ccc4cc(S(=O)(=O)O)ccc4c3)cc2)cc1)Nc1ccc2cc(S(=O)(=O)O)ccc2c1.[Na+]. The van der Waals surface area contributed by atoms with Crippen molar-refractivity contribution in [3.05, 3.63) is 121 Å². The summed E-state index contributed by atoms with van der Waals surface area (Å²) in [7, 11) is -12.7. The molecular weight excluding hydrogens is 744 g/mol. The van der Waals surface area contributed by atoms with Crippen LogP contribution in [0.5, 0.6) is 0 Å². The van der Waals surface area contributed by atoms with Gasteiger partial charge in [-0.1, -0.05) is 24.3 Å². The number of fused-ring (bicyclic) bond motifs is 2. The van der Waals surface area contributed by atoms with E-state index >= 15 is 0 Å². The van der Waals surface area contributed by atoms with Crippen molar-refractivity contribution >= 4 is 86.4 Å². The molecule has 6 rings (SSSR count). The van der Waals surface area contributed by atoms with Gasteiger partial charge in [-0.2, -0.15) is 16.8 Å². The van der Waals surface area contributed by atoms with Crippen molar-refractivity contribution in [2.24, 2.45) is 0 Å². The van der Waals surface area contributed by atoms with Gasteiger partial charge < -0.3 is 21.3 Å². The first-order chi connectivity index (χ1) is 24.0. The van der Waals surface area contributed by atoms with E-state index in [4.69, 9.17) is 0 Å². The second-order valence-corrected chi connectivity index (χ2v) is 15.9. The first-order valence-corrected chi connectivity index (χ1v) is 19.0. The number of rotatable bonds is 8. The Labute approximate surface area is 320 Å². The molecule has 0 heterocycles. The van der Waals surface area contributed by atoms with Crippen molar-refractivity contribution in [3.63, 3.8) is 0 Å². The van der Waals surface area contributed by atoms with Crippen molar-refractivity contribution in [1.29, 1.82) is 0 Å². The maximum atomic E-state index is 13.3. The molecule has 6 aromatic rings. The third-order valence-corrected chi connectivity index (χ3v) is 11.1. The molecule has 0 saturated heterocycles. The van der Waals surface area contributed by atoms with Crippen LogP contribution >= 0.6 is 0 Å². The van der Waals surface area contributed by atoms with Crippen molar-refractivity contribution in [2.75, 3.05) is 21.3 Å². The van der Waals surface area contributed by atoms with Crippen molar-refractivity contribution in [3.8, 4) is 0 Å². The van der Waals surface area contributed by atoms with E-state index in [2.05, 4.69) is 21.3 Å². The maximum Gasteiger partial charge on any atom is 1.00 e. The van der Waals surface area contributed by atoms with Crippen LogP contribution in [0.3, 0.4) is 0 Å². The molecule has 52 heavy (non-hydrogen) atoms. The summed E-state index contributed by atoms with van der Waals surface area (Å²) in [6, 6.07) is 27.4. The Balaban J connectivity index is 0.00000523. The Bertz CT molecular complexity index is 2510. The zero-order valence-electron chi connectivity index (χ0n) is 26.9. The Morgan fingerprint density at radius 1 is 0.385 bits per heavy atom. The average molecular weight is 770 g/mol. The third kappa shape index (κ3) is 8.95. The minimum Gasteiger partial charge on any atom is -0.308 e. The van der Waals surface area contributed by atoms with Crippen LogP contribution in [0.4, 0.5) is 32.3 Å². The summed E-state index contributed by atoms with van der Waals surface area (Å²) in [5, 5.41) is 12.8. The van der Waals surface area contributed by atoms with E-state index in [-0.39, 0.29) is 49.1 Å². The van der Waals surface area contributed by atoms with E-state index in [1.54, 1.807) is 36.4 Å². The second kappa shape index (κ2) is 15.0. The summed E-state index contributed by atoms with van der Waals surface area (Å²) >= 11 is 0. The second-order valence-electron chi connectivity index (χ2n) is 11.1. The number of carbonyl (C=O) groups is 2. The first kappa shape index (κ1) is 38.4. The van der Waals surface area contributed by atoms with Crippen LogP contribution < -0.4 is 50.8 Å². The fourth-order valence-electron chi connectivity index (χ4n) is 5.08. The van der Waals surface area contributed by atoms with Crippen LogP contribution in [-0.4, -0.2) is 46.4 Å². The number of hydrogen-bond acceptors (Lipinski definition) is 8. The first-order valence-electron chi connectivity index (χ1n) is 14.7. The van der Waals surface area contributed by atoms with E-state index in [0.717, 1.165) is 0 Å². The third-order valence-electron chi connectivity index (χ3n) is 7.58. The quantitative estimate of drug-likeness (QED) is 0.0974. The zero-order chi connectivity index (χ0) is 36.6. The smallest absolute Gasteiger partial charge is 0.308 e. The number of nitrogens with one attached hydrogen (secondary N) is 4. The summed E-state index contributed by atoms with van der Waals surface area (Å²) in [4.78, 5) is 24.6. The molecule has 0 bridgehead atoms. The van der Waals surface area contributed by atoms with Gasteiger partial charge in [0.05, 0.1) is 19.6 Å². The van der Waals surface area contributed by atoms with Crippen LogP contribution in [0, 0.1) is 0 Å². The summed E-state index contributed by atoms with van der Waals surface area (Å²) < 4.78 is 90.5. The minimum absolute atomic E-state index is 0. The topological polar surface area (TPSA) is 225 Å². The molecule has 0 aliphatic carbocycles. The molecule has 0 fully saturated rings. The largest absolute Gasteiger partial charge is 1.00 e. The normalized spacial score (nSPS) is 11.7. The van der Waals surface area contributed by atoms with Crippen molar-refractivity contribution in [2.45, 2.75) is 19.6 Å². The molecule has 4 amide bonds. The molecule has 0 spiro atoms. The summed E-state index contributed by atoms with van der Waals surface area (Å²) in [5.41, 5.74) is 1.43. The number of anilines is 4. The van der Waals surface area contributed by atoms with Crippen molar-refractivity contribution in [1.82, 2.24) is 0 Å². The molecule has 14 nitrogen and oxygen atoms in total. The number of amides is 4. The predicted octanol–water partition coefficient (Wildman–Crippen LogP) is 3.61.